The van der Waals surface area contributed by atoms with Gasteiger partial charge in [0.2, 0.25) is 5.91 Å². The van der Waals surface area contributed by atoms with E-state index in [0.717, 1.165) is 18.5 Å². The van der Waals surface area contributed by atoms with Gasteiger partial charge in [0, 0.05) is 37.8 Å². The van der Waals surface area contributed by atoms with E-state index < -0.39 is 5.54 Å². The molecule has 1 spiro atoms. The summed E-state index contributed by atoms with van der Waals surface area (Å²) >= 11 is 0. The van der Waals surface area contributed by atoms with Crippen LogP contribution in [-0.2, 0) is 9.59 Å². The fourth-order valence-corrected chi connectivity index (χ4v) is 4.85. The third-order valence-electron chi connectivity index (χ3n) is 6.66. The lowest BCUT2D eigenvalue weighted by atomic mass is 9.98. The highest BCUT2D eigenvalue weighted by atomic mass is 16.2. The van der Waals surface area contributed by atoms with Crippen molar-refractivity contribution in [2.75, 3.05) is 25.0 Å². The number of piperidine rings is 1. The summed E-state index contributed by atoms with van der Waals surface area (Å²) < 4.78 is 0. The molecule has 2 saturated heterocycles. The van der Waals surface area contributed by atoms with Crippen LogP contribution < -0.4 is 16.0 Å². The van der Waals surface area contributed by atoms with E-state index in [2.05, 4.69) is 16.0 Å². The van der Waals surface area contributed by atoms with Crippen LogP contribution in [0.25, 0.3) is 0 Å². The molecule has 1 aliphatic carbocycles. The average Bonchev–Trinajstić information content (AvgIpc) is 3.35. The number of rotatable bonds is 6. The lowest BCUT2D eigenvalue weighted by Gasteiger charge is -2.32. The van der Waals surface area contributed by atoms with Crippen molar-refractivity contribution in [2.24, 2.45) is 0 Å². The Hall–Kier alpha value is -3.10. The normalized spacial score (nSPS) is 20.5. The van der Waals surface area contributed by atoms with Crippen molar-refractivity contribution in [3.05, 3.63) is 30.3 Å². The molecule has 1 aromatic rings. The predicted molar refractivity (Wildman–Crippen MR) is 119 cm³/mol. The number of carbonyl (C=O) groups is 4. The summed E-state index contributed by atoms with van der Waals surface area (Å²) in [5.41, 5.74) is 0.0667. The number of imide groups is 1. The van der Waals surface area contributed by atoms with Crippen molar-refractivity contribution in [2.45, 2.75) is 62.9 Å². The lowest BCUT2D eigenvalue weighted by molar-refractivity contribution is -0.131. The summed E-state index contributed by atoms with van der Waals surface area (Å²) in [5.74, 6) is -0.221. The summed E-state index contributed by atoms with van der Waals surface area (Å²) in [5, 5.41) is 8.77. The first-order chi connectivity index (χ1) is 15.5. The molecule has 3 N–H and O–H groups in total. The van der Waals surface area contributed by atoms with Gasteiger partial charge < -0.3 is 20.9 Å². The highest BCUT2D eigenvalue weighted by Gasteiger charge is 2.52. The van der Waals surface area contributed by atoms with Crippen LogP contribution in [0.5, 0.6) is 0 Å². The maximum atomic E-state index is 12.6. The van der Waals surface area contributed by atoms with E-state index in [4.69, 9.17) is 0 Å². The second-order valence-corrected chi connectivity index (χ2v) is 8.90. The number of hydrogen-bond acceptors (Lipinski definition) is 4. The molecule has 9 nitrogen and oxygen atoms in total. The topological polar surface area (TPSA) is 111 Å². The number of para-hydroxylation sites is 1. The van der Waals surface area contributed by atoms with Crippen LogP contribution in [0, 0.1) is 0 Å². The zero-order valence-electron chi connectivity index (χ0n) is 18.3. The third-order valence-corrected chi connectivity index (χ3v) is 6.66. The molecule has 9 heteroatoms. The zero-order chi connectivity index (χ0) is 22.6. The van der Waals surface area contributed by atoms with Crippen LogP contribution in [0.1, 0.15) is 51.4 Å². The first-order valence-corrected chi connectivity index (χ1v) is 11.5. The molecule has 0 unspecified atom stereocenters. The molecule has 0 aromatic heterocycles. The van der Waals surface area contributed by atoms with Crippen LogP contribution in [-0.4, -0.2) is 64.9 Å². The van der Waals surface area contributed by atoms with E-state index in [1.807, 2.05) is 30.3 Å². The minimum absolute atomic E-state index is 0.0294. The number of nitrogens with one attached hydrogen (secondary N) is 3. The molecule has 0 atom stereocenters. The van der Waals surface area contributed by atoms with Crippen LogP contribution in [0.4, 0.5) is 15.3 Å². The molecule has 3 aliphatic rings. The average molecular weight is 442 g/mol. The van der Waals surface area contributed by atoms with Crippen LogP contribution >= 0.6 is 0 Å². The predicted octanol–water partition coefficient (Wildman–Crippen LogP) is 2.44. The molecule has 32 heavy (non-hydrogen) atoms. The van der Waals surface area contributed by atoms with Gasteiger partial charge in [-0.2, -0.15) is 0 Å². The van der Waals surface area contributed by atoms with Gasteiger partial charge in [0.15, 0.2) is 0 Å². The molecule has 1 aromatic carbocycles. The Morgan fingerprint density at radius 2 is 1.75 bits per heavy atom. The monoisotopic (exact) mass is 441 g/mol. The van der Waals surface area contributed by atoms with Gasteiger partial charge in [0.25, 0.3) is 5.91 Å². The Balaban J connectivity index is 1.15. The van der Waals surface area contributed by atoms with Gasteiger partial charge in [0.1, 0.15) is 5.54 Å². The SMILES string of the molecule is O=C(CCCN1C(=O)NC2(CCCC2)C1=O)NC1CCN(C(=O)Nc2ccccc2)CC1. The first kappa shape index (κ1) is 22.1. The smallest absolute Gasteiger partial charge is 0.325 e. The molecule has 0 bridgehead atoms. The maximum absolute atomic E-state index is 12.6. The molecule has 172 valence electrons. The number of hydrogen-bond donors (Lipinski definition) is 3. The Kier molecular flexibility index (Phi) is 6.62. The molecule has 6 amide bonds. The van der Waals surface area contributed by atoms with Crippen LogP contribution in [0.2, 0.25) is 0 Å². The summed E-state index contributed by atoms with van der Waals surface area (Å²) in [7, 11) is 0. The first-order valence-electron chi connectivity index (χ1n) is 11.5. The van der Waals surface area contributed by atoms with Crippen LogP contribution in [0.15, 0.2) is 30.3 Å². The molecule has 1 saturated carbocycles. The summed E-state index contributed by atoms with van der Waals surface area (Å²) in [6.45, 7) is 1.42. The number of likely N-dealkylation sites (tertiary alicyclic amines) is 1. The van der Waals surface area contributed by atoms with Gasteiger partial charge in [-0.3, -0.25) is 14.5 Å². The Morgan fingerprint density at radius 3 is 2.44 bits per heavy atom. The Morgan fingerprint density at radius 1 is 1.06 bits per heavy atom. The van der Waals surface area contributed by atoms with Crippen molar-refractivity contribution >= 4 is 29.6 Å². The summed E-state index contributed by atoms with van der Waals surface area (Å²) in [6.07, 6.45) is 5.42. The van der Waals surface area contributed by atoms with Crippen molar-refractivity contribution in [3.8, 4) is 0 Å². The second-order valence-electron chi connectivity index (χ2n) is 8.90. The van der Waals surface area contributed by atoms with E-state index in [1.165, 1.54) is 4.90 Å². The van der Waals surface area contributed by atoms with Gasteiger partial charge >= 0.3 is 12.1 Å². The number of anilines is 1. The van der Waals surface area contributed by atoms with Gasteiger partial charge in [-0.05, 0) is 44.2 Å². The molecule has 4 rings (SSSR count). The van der Waals surface area contributed by atoms with E-state index in [-0.39, 0.29) is 42.9 Å². The Labute approximate surface area is 187 Å². The molecule has 3 fully saturated rings. The quantitative estimate of drug-likeness (QED) is 0.589. The zero-order valence-corrected chi connectivity index (χ0v) is 18.3. The minimum atomic E-state index is -0.694. The fourth-order valence-electron chi connectivity index (χ4n) is 4.85. The minimum Gasteiger partial charge on any atom is -0.353 e. The van der Waals surface area contributed by atoms with Gasteiger partial charge in [0.05, 0.1) is 0 Å². The van der Waals surface area contributed by atoms with Gasteiger partial charge in [-0.15, -0.1) is 0 Å². The number of amides is 6. The largest absolute Gasteiger partial charge is 0.353 e. The lowest BCUT2D eigenvalue weighted by Crippen LogP contribution is -2.47. The summed E-state index contributed by atoms with van der Waals surface area (Å²) in [6, 6.07) is 8.89. The number of urea groups is 2. The summed E-state index contributed by atoms with van der Waals surface area (Å²) in [4.78, 5) is 52.6. The third kappa shape index (κ3) is 4.87. The van der Waals surface area contributed by atoms with Crippen molar-refractivity contribution < 1.29 is 19.2 Å². The molecule has 2 aliphatic heterocycles. The van der Waals surface area contributed by atoms with Crippen molar-refractivity contribution in [1.82, 2.24) is 20.4 Å². The van der Waals surface area contributed by atoms with Gasteiger partial charge in [-0.1, -0.05) is 31.0 Å². The number of benzene rings is 1. The second kappa shape index (κ2) is 9.58. The van der Waals surface area contributed by atoms with E-state index in [0.29, 0.717) is 45.2 Å². The molecule has 0 radical (unpaired) electrons. The van der Waals surface area contributed by atoms with Crippen molar-refractivity contribution in [1.29, 1.82) is 0 Å². The van der Waals surface area contributed by atoms with E-state index in [1.54, 1.807) is 4.90 Å². The van der Waals surface area contributed by atoms with Crippen LogP contribution in [0.3, 0.4) is 0 Å². The fraction of sp³-hybridized carbons (Fsp3) is 0.565. The highest BCUT2D eigenvalue weighted by molar-refractivity contribution is 6.07. The Bertz CT molecular complexity index is 860. The molecule has 2 heterocycles. The highest BCUT2D eigenvalue weighted by Crippen LogP contribution is 2.35. The molecular weight excluding hydrogens is 410 g/mol. The van der Waals surface area contributed by atoms with E-state index >= 15 is 0 Å². The van der Waals surface area contributed by atoms with Gasteiger partial charge in [-0.25, -0.2) is 9.59 Å². The number of nitrogens with zero attached hydrogens (tertiary/aromatic N) is 2. The number of carbonyl (C=O) groups excluding carboxylic acids is 4. The van der Waals surface area contributed by atoms with E-state index in [9.17, 15) is 19.2 Å². The standard InChI is InChI=1S/C23H31N5O4/c29-19(9-6-14-28-20(30)23(26-22(28)32)12-4-5-13-23)24-18-10-15-27(16-11-18)21(31)25-17-7-2-1-3-8-17/h1-3,7-8,18H,4-6,9-16H2,(H,24,29)(H,25,31)(H,26,32). The molecular formula is C23H31N5O4. The maximum Gasteiger partial charge on any atom is 0.325 e. The van der Waals surface area contributed by atoms with Crippen molar-refractivity contribution in [3.63, 3.8) is 0 Å².